The Morgan fingerprint density at radius 3 is 2.57 bits per heavy atom. The monoisotopic (exact) mass is 381 g/mol. The Morgan fingerprint density at radius 1 is 1.18 bits per heavy atom. The predicted molar refractivity (Wildman–Crippen MR) is 110 cm³/mol. The quantitative estimate of drug-likeness (QED) is 0.774. The van der Waals surface area contributed by atoms with Gasteiger partial charge in [0.25, 0.3) is 0 Å². The molecule has 3 amide bonds. The second-order valence-corrected chi connectivity index (χ2v) is 7.15. The van der Waals surface area contributed by atoms with Gasteiger partial charge in [-0.2, -0.15) is 0 Å². The van der Waals surface area contributed by atoms with E-state index in [1.165, 1.54) is 5.56 Å². The molecule has 6 heteroatoms. The average Bonchev–Trinajstić information content (AvgIpc) is 3.07. The maximum atomic E-state index is 12.3. The van der Waals surface area contributed by atoms with Crippen LogP contribution >= 0.6 is 0 Å². The highest BCUT2D eigenvalue weighted by Crippen LogP contribution is 2.24. The van der Waals surface area contributed by atoms with Crippen molar-refractivity contribution in [2.45, 2.75) is 38.3 Å². The lowest BCUT2D eigenvalue weighted by atomic mass is 10.1. The Hall–Kier alpha value is -3.02. The van der Waals surface area contributed by atoms with Crippen LogP contribution in [0, 0.1) is 0 Å². The highest BCUT2D eigenvalue weighted by molar-refractivity contribution is 5.96. The molecule has 0 aliphatic carbocycles. The van der Waals surface area contributed by atoms with Crippen molar-refractivity contribution in [3.8, 4) is 5.75 Å². The second-order valence-electron chi connectivity index (χ2n) is 7.15. The number of rotatable bonds is 7. The van der Waals surface area contributed by atoms with Crippen molar-refractivity contribution in [2.75, 3.05) is 18.6 Å². The number of hydrogen-bond donors (Lipinski definition) is 2. The van der Waals surface area contributed by atoms with Crippen LogP contribution in [0.2, 0.25) is 0 Å². The van der Waals surface area contributed by atoms with E-state index in [2.05, 4.69) is 22.8 Å². The van der Waals surface area contributed by atoms with E-state index in [9.17, 15) is 9.59 Å². The highest BCUT2D eigenvalue weighted by Gasteiger charge is 2.31. The number of nitrogens with zero attached hydrogens (tertiary/aromatic N) is 1. The van der Waals surface area contributed by atoms with Gasteiger partial charge in [0.2, 0.25) is 5.91 Å². The van der Waals surface area contributed by atoms with Gasteiger partial charge < -0.3 is 20.3 Å². The first kappa shape index (κ1) is 19.7. The molecule has 6 nitrogen and oxygen atoms in total. The predicted octanol–water partition coefficient (Wildman–Crippen LogP) is 3.12. The second kappa shape index (κ2) is 9.26. The minimum Gasteiger partial charge on any atom is -0.497 e. The van der Waals surface area contributed by atoms with Gasteiger partial charge >= 0.3 is 6.03 Å². The molecule has 3 rings (SSSR count). The highest BCUT2D eigenvalue weighted by atomic mass is 16.5. The van der Waals surface area contributed by atoms with Crippen LogP contribution in [0.15, 0.2) is 54.6 Å². The van der Waals surface area contributed by atoms with E-state index in [-0.39, 0.29) is 24.0 Å². The van der Waals surface area contributed by atoms with Crippen LogP contribution in [-0.2, 0) is 11.2 Å². The number of ether oxygens (including phenoxy) is 1. The van der Waals surface area contributed by atoms with E-state index in [4.69, 9.17) is 4.74 Å². The molecule has 0 bridgehead atoms. The molecule has 148 valence electrons. The van der Waals surface area contributed by atoms with Gasteiger partial charge in [0.1, 0.15) is 5.75 Å². The molecular formula is C22H27N3O3. The minimum atomic E-state index is -0.227. The first-order chi connectivity index (χ1) is 13.5. The van der Waals surface area contributed by atoms with Gasteiger partial charge in [-0.25, -0.2) is 4.79 Å². The van der Waals surface area contributed by atoms with E-state index in [0.717, 1.165) is 24.3 Å². The van der Waals surface area contributed by atoms with Gasteiger partial charge in [-0.3, -0.25) is 4.79 Å². The minimum absolute atomic E-state index is 0.00703. The SMILES string of the molecule is COc1ccc(N2C[C@H](NC(=O)N[C@@H](C)CCc3ccccc3)CC2=O)cc1. The largest absolute Gasteiger partial charge is 0.497 e. The summed E-state index contributed by atoms with van der Waals surface area (Å²) in [5, 5.41) is 5.89. The van der Waals surface area contributed by atoms with Crippen molar-refractivity contribution in [1.82, 2.24) is 10.6 Å². The molecule has 2 atom stereocenters. The van der Waals surface area contributed by atoms with Crippen molar-refractivity contribution in [3.05, 3.63) is 60.2 Å². The first-order valence-corrected chi connectivity index (χ1v) is 9.60. The molecule has 0 unspecified atom stereocenters. The van der Waals surface area contributed by atoms with Crippen LogP contribution in [-0.4, -0.2) is 37.7 Å². The van der Waals surface area contributed by atoms with Gasteiger partial charge in [0, 0.05) is 24.7 Å². The Morgan fingerprint density at radius 2 is 1.89 bits per heavy atom. The summed E-state index contributed by atoms with van der Waals surface area (Å²) in [5.74, 6) is 0.751. The molecular weight excluding hydrogens is 354 g/mol. The van der Waals surface area contributed by atoms with Crippen LogP contribution < -0.4 is 20.3 Å². The van der Waals surface area contributed by atoms with Gasteiger partial charge in [0.05, 0.1) is 13.2 Å². The molecule has 0 radical (unpaired) electrons. The molecule has 1 fully saturated rings. The van der Waals surface area contributed by atoms with Gasteiger partial charge in [-0.05, 0) is 49.6 Å². The Balaban J connectivity index is 1.45. The molecule has 1 aliphatic heterocycles. The molecule has 2 aromatic carbocycles. The van der Waals surface area contributed by atoms with Crippen molar-refractivity contribution in [1.29, 1.82) is 0 Å². The van der Waals surface area contributed by atoms with Crippen LogP contribution in [0.3, 0.4) is 0 Å². The fourth-order valence-corrected chi connectivity index (χ4v) is 3.37. The lowest BCUT2D eigenvalue weighted by Crippen LogP contribution is -2.46. The third-order valence-electron chi connectivity index (χ3n) is 4.93. The smallest absolute Gasteiger partial charge is 0.315 e. The van der Waals surface area contributed by atoms with Crippen molar-refractivity contribution < 1.29 is 14.3 Å². The molecule has 0 aromatic heterocycles. The standard InChI is InChI=1S/C22H27N3O3/c1-16(8-9-17-6-4-3-5-7-17)23-22(27)24-18-14-21(26)25(15-18)19-10-12-20(28-2)13-11-19/h3-7,10-13,16,18H,8-9,14-15H2,1-2H3,(H2,23,24,27)/t16-,18+/m0/s1. The average molecular weight is 381 g/mol. The lowest BCUT2D eigenvalue weighted by molar-refractivity contribution is -0.117. The number of benzene rings is 2. The summed E-state index contributed by atoms with van der Waals surface area (Å²) in [6.07, 6.45) is 2.08. The maximum absolute atomic E-state index is 12.3. The van der Waals surface area contributed by atoms with Crippen molar-refractivity contribution >= 4 is 17.6 Å². The van der Waals surface area contributed by atoms with Crippen molar-refractivity contribution in [3.63, 3.8) is 0 Å². The number of anilines is 1. The number of urea groups is 1. The van der Waals surface area contributed by atoms with Crippen LogP contribution in [0.25, 0.3) is 0 Å². The summed E-state index contributed by atoms with van der Waals surface area (Å²) in [6, 6.07) is 17.2. The van der Waals surface area contributed by atoms with Crippen LogP contribution in [0.4, 0.5) is 10.5 Å². The topological polar surface area (TPSA) is 70.7 Å². The molecule has 1 aliphatic rings. The van der Waals surface area contributed by atoms with Gasteiger partial charge in [-0.1, -0.05) is 30.3 Å². The van der Waals surface area contributed by atoms with Crippen LogP contribution in [0.5, 0.6) is 5.75 Å². The molecule has 0 saturated carbocycles. The fourth-order valence-electron chi connectivity index (χ4n) is 3.37. The zero-order chi connectivity index (χ0) is 19.9. The number of aryl methyl sites for hydroxylation is 1. The number of methoxy groups -OCH3 is 1. The maximum Gasteiger partial charge on any atom is 0.315 e. The van der Waals surface area contributed by atoms with E-state index in [1.54, 1.807) is 12.0 Å². The summed E-state index contributed by atoms with van der Waals surface area (Å²) in [7, 11) is 1.61. The number of nitrogens with one attached hydrogen (secondary N) is 2. The number of carbonyl (C=O) groups excluding carboxylic acids is 2. The lowest BCUT2D eigenvalue weighted by Gasteiger charge is -2.19. The Labute approximate surface area is 165 Å². The van der Waals surface area contributed by atoms with E-state index in [1.807, 2.05) is 49.4 Å². The van der Waals surface area contributed by atoms with E-state index in [0.29, 0.717) is 13.0 Å². The van der Waals surface area contributed by atoms with E-state index < -0.39 is 0 Å². The molecule has 28 heavy (non-hydrogen) atoms. The zero-order valence-corrected chi connectivity index (χ0v) is 16.4. The molecule has 1 saturated heterocycles. The molecule has 1 heterocycles. The van der Waals surface area contributed by atoms with Gasteiger partial charge in [-0.15, -0.1) is 0 Å². The fraction of sp³-hybridized carbons (Fsp3) is 0.364. The zero-order valence-electron chi connectivity index (χ0n) is 16.4. The number of hydrogen-bond acceptors (Lipinski definition) is 3. The van der Waals surface area contributed by atoms with Crippen molar-refractivity contribution in [2.24, 2.45) is 0 Å². The summed E-state index contributed by atoms with van der Waals surface area (Å²) in [6.45, 7) is 2.46. The number of amides is 3. The first-order valence-electron chi connectivity index (χ1n) is 9.60. The van der Waals surface area contributed by atoms with Gasteiger partial charge in [0.15, 0.2) is 0 Å². The third-order valence-corrected chi connectivity index (χ3v) is 4.93. The van der Waals surface area contributed by atoms with E-state index >= 15 is 0 Å². The van der Waals surface area contributed by atoms with Crippen LogP contribution in [0.1, 0.15) is 25.3 Å². The molecule has 0 spiro atoms. The summed E-state index contributed by atoms with van der Waals surface area (Å²) < 4.78 is 5.15. The third kappa shape index (κ3) is 5.25. The summed E-state index contributed by atoms with van der Waals surface area (Å²) in [5.41, 5.74) is 2.07. The normalized spacial score (nSPS) is 17.3. The number of carbonyl (C=O) groups is 2. The Kier molecular flexibility index (Phi) is 6.53. The Bertz CT molecular complexity index is 792. The summed E-state index contributed by atoms with van der Waals surface area (Å²) >= 11 is 0. The molecule has 2 aromatic rings. The summed E-state index contributed by atoms with van der Waals surface area (Å²) in [4.78, 5) is 26.3. The molecule has 2 N–H and O–H groups in total.